The maximum absolute atomic E-state index is 12.0. The molecule has 1 atom stereocenters. The van der Waals surface area contributed by atoms with Gasteiger partial charge in [0.25, 0.3) is 5.91 Å². The molecule has 0 radical (unpaired) electrons. The second-order valence-electron chi connectivity index (χ2n) is 4.42. The fourth-order valence-corrected chi connectivity index (χ4v) is 3.50. The summed E-state index contributed by atoms with van der Waals surface area (Å²) in [6.45, 7) is 1.67. The summed E-state index contributed by atoms with van der Waals surface area (Å²) in [6, 6.07) is 1.79. The molecule has 2 N–H and O–H groups in total. The minimum atomic E-state index is -0.924. The van der Waals surface area contributed by atoms with Crippen LogP contribution < -0.4 is 5.32 Å². The van der Waals surface area contributed by atoms with Gasteiger partial charge >= 0.3 is 5.97 Å². The van der Waals surface area contributed by atoms with Crippen molar-refractivity contribution in [3.05, 3.63) is 22.5 Å². The number of nitrogens with zero attached hydrogens (tertiary/aromatic N) is 2. The van der Waals surface area contributed by atoms with Gasteiger partial charge in [0, 0.05) is 18.1 Å². The number of rotatable bonds is 4. The van der Waals surface area contributed by atoms with E-state index in [0.29, 0.717) is 4.88 Å². The number of amides is 1. The molecule has 3 aromatic heterocycles. The van der Waals surface area contributed by atoms with Crippen molar-refractivity contribution in [3.63, 3.8) is 0 Å². The summed E-state index contributed by atoms with van der Waals surface area (Å²) in [4.78, 5) is 29.4. The number of carboxylic acid groups (broad SMARTS) is 1. The van der Waals surface area contributed by atoms with Crippen LogP contribution in [0.4, 0.5) is 0 Å². The van der Waals surface area contributed by atoms with Crippen molar-refractivity contribution in [2.45, 2.75) is 6.92 Å². The Balaban J connectivity index is 1.81. The van der Waals surface area contributed by atoms with Gasteiger partial charge in [0.05, 0.1) is 16.3 Å². The first kappa shape index (κ1) is 13.1. The third-order valence-electron chi connectivity index (χ3n) is 2.95. The summed E-state index contributed by atoms with van der Waals surface area (Å²) in [7, 11) is 0. The monoisotopic (exact) mass is 309 g/mol. The number of carbonyl (C=O) groups is 2. The topological polar surface area (TPSA) is 83.7 Å². The van der Waals surface area contributed by atoms with Gasteiger partial charge in [0.15, 0.2) is 4.96 Å². The lowest BCUT2D eigenvalue weighted by atomic mass is 10.2. The summed E-state index contributed by atoms with van der Waals surface area (Å²) < 4.78 is 1.94. The Morgan fingerprint density at radius 2 is 2.35 bits per heavy atom. The number of thiophene rings is 1. The molecule has 3 rings (SSSR count). The Hall–Kier alpha value is -1.93. The number of fused-ring (bicyclic) bond motifs is 3. The first-order valence-corrected chi connectivity index (χ1v) is 7.62. The second kappa shape index (κ2) is 4.88. The van der Waals surface area contributed by atoms with Gasteiger partial charge in [-0.2, -0.15) is 0 Å². The Morgan fingerprint density at radius 1 is 1.55 bits per heavy atom. The highest BCUT2D eigenvalue weighted by atomic mass is 32.1. The van der Waals surface area contributed by atoms with Gasteiger partial charge in [-0.3, -0.25) is 14.0 Å². The molecule has 0 fully saturated rings. The number of carboxylic acids is 1. The molecule has 104 valence electrons. The van der Waals surface area contributed by atoms with Crippen LogP contribution in [-0.4, -0.2) is 32.9 Å². The van der Waals surface area contributed by atoms with Crippen LogP contribution in [0.5, 0.6) is 0 Å². The Morgan fingerprint density at radius 3 is 3.10 bits per heavy atom. The number of nitrogens with one attached hydrogen (secondary N) is 1. The van der Waals surface area contributed by atoms with Crippen molar-refractivity contribution in [1.29, 1.82) is 0 Å². The molecule has 0 aromatic carbocycles. The average Bonchev–Trinajstić information content (AvgIpc) is 3.05. The van der Waals surface area contributed by atoms with Crippen molar-refractivity contribution in [2.75, 3.05) is 6.54 Å². The minimum absolute atomic E-state index is 0.116. The molecule has 0 aliphatic heterocycles. The highest BCUT2D eigenvalue weighted by Crippen LogP contribution is 2.28. The third kappa shape index (κ3) is 2.16. The smallest absolute Gasteiger partial charge is 0.308 e. The van der Waals surface area contributed by atoms with E-state index in [-0.39, 0.29) is 12.5 Å². The average molecular weight is 309 g/mol. The van der Waals surface area contributed by atoms with Gasteiger partial charge in [-0.1, -0.05) is 6.92 Å². The fraction of sp³-hybridized carbons (Fsp3) is 0.250. The first-order valence-electron chi connectivity index (χ1n) is 5.92. The van der Waals surface area contributed by atoms with Crippen LogP contribution in [0.2, 0.25) is 0 Å². The van der Waals surface area contributed by atoms with Crippen LogP contribution in [0.15, 0.2) is 17.6 Å². The number of hydrogen-bond donors (Lipinski definition) is 2. The largest absolute Gasteiger partial charge is 0.481 e. The molecule has 0 aliphatic rings. The standard InChI is InChI=1S/C12H11N3O3S2/c1-6(11(17)18)5-13-9(16)8-4-7-10(20-8)14-12-15(7)2-3-19-12/h2-4,6H,5H2,1H3,(H,13,16)(H,17,18). The van der Waals surface area contributed by atoms with Crippen molar-refractivity contribution >= 4 is 49.9 Å². The van der Waals surface area contributed by atoms with Crippen LogP contribution in [0.3, 0.4) is 0 Å². The molecule has 0 spiro atoms. The van der Waals surface area contributed by atoms with Crippen LogP contribution in [0.1, 0.15) is 16.6 Å². The van der Waals surface area contributed by atoms with E-state index in [1.807, 2.05) is 16.0 Å². The third-order valence-corrected chi connectivity index (χ3v) is 4.73. The lowest BCUT2D eigenvalue weighted by Gasteiger charge is -2.06. The van der Waals surface area contributed by atoms with Gasteiger partial charge in [0.2, 0.25) is 0 Å². The predicted molar refractivity (Wildman–Crippen MR) is 77.6 cm³/mol. The van der Waals surface area contributed by atoms with E-state index in [1.54, 1.807) is 24.3 Å². The molecular weight excluding hydrogens is 298 g/mol. The van der Waals surface area contributed by atoms with Gasteiger partial charge in [-0.15, -0.1) is 22.7 Å². The Kier molecular flexibility index (Phi) is 3.19. The summed E-state index contributed by atoms with van der Waals surface area (Å²) in [5.41, 5.74) is 0.905. The SMILES string of the molecule is CC(CNC(=O)c1cc2c(nc3sccn32)s1)C(=O)O. The van der Waals surface area contributed by atoms with Crippen molar-refractivity contribution in [3.8, 4) is 0 Å². The quantitative estimate of drug-likeness (QED) is 0.772. The summed E-state index contributed by atoms with van der Waals surface area (Å²) in [6.07, 6.45) is 1.91. The van der Waals surface area contributed by atoms with Gasteiger partial charge in [-0.25, -0.2) is 4.98 Å². The molecule has 0 bridgehead atoms. The molecule has 0 saturated heterocycles. The zero-order valence-electron chi connectivity index (χ0n) is 10.5. The first-order chi connectivity index (χ1) is 9.56. The number of imidazole rings is 1. The molecule has 20 heavy (non-hydrogen) atoms. The maximum atomic E-state index is 12.0. The zero-order chi connectivity index (χ0) is 14.3. The van der Waals surface area contributed by atoms with Crippen LogP contribution in [0, 0.1) is 5.92 Å². The molecule has 1 amide bonds. The molecule has 0 saturated carbocycles. The molecular formula is C12H11N3O3S2. The van der Waals surface area contributed by atoms with Gasteiger partial charge < -0.3 is 10.4 Å². The van der Waals surface area contributed by atoms with Gasteiger partial charge in [-0.05, 0) is 6.07 Å². The van der Waals surface area contributed by atoms with Crippen molar-refractivity contribution in [1.82, 2.24) is 14.7 Å². The lowest BCUT2D eigenvalue weighted by molar-refractivity contribution is -0.140. The molecule has 6 nitrogen and oxygen atoms in total. The van der Waals surface area contributed by atoms with Gasteiger partial charge in [0.1, 0.15) is 4.83 Å². The number of thiazole rings is 1. The second-order valence-corrected chi connectivity index (χ2v) is 6.32. The lowest BCUT2D eigenvalue weighted by Crippen LogP contribution is -2.30. The highest BCUT2D eigenvalue weighted by molar-refractivity contribution is 7.21. The number of aromatic nitrogens is 2. The number of carbonyl (C=O) groups excluding carboxylic acids is 1. The molecule has 3 heterocycles. The fourth-order valence-electron chi connectivity index (χ4n) is 1.78. The minimum Gasteiger partial charge on any atom is -0.481 e. The number of aliphatic carboxylic acids is 1. The van der Waals surface area contributed by atoms with Crippen molar-refractivity contribution in [2.24, 2.45) is 5.92 Å². The number of hydrogen-bond acceptors (Lipinski definition) is 5. The van der Waals surface area contributed by atoms with Crippen molar-refractivity contribution < 1.29 is 14.7 Å². The predicted octanol–water partition coefficient (Wildman–Crippen LogP) is 2.06. The van der Waals surface area contributed by atoms with E-state index in [2.05, 4.69) is 10.3 Å². The Bertz CT molecular complexity index is 801. The molecule has 8 heteroatoms. The van der Waals surface area contributed by atoms with E-state index in [0.717, 1.165) is 15.3 Å². The highest BCUT2D eigenvalue weighted by Gasteiger charge is 2.17. The molecule has 1 unspecified atom stereocenters. The van der Waals surface area contributed by atoms with E-state index < -0.39 is 11.9 Å². The van der Waals surface area contributed by atoms with Crippen LogP contribution >= 0.6 is 22.7 Å². The van der Waals surface area contributed by atoms with E-state index >= 15 is 0 Å². The molecule has 3 aromatic rings. The summed E-state index contributed by atoms with van der Waals surface area (Å²) in [5, 5.41) is 13.3. The maximum Gasteiger partial charge on any atom is 0.308 e. The summed E-state index contributed by atoms with van der Waals surface area (Å²) in [5.74, 6) is -1.79. The van der Waals surface area contributed by atoms with Crippen LogP contribution in [0.25, 0.3) is 15.3 Å². The van der Waals surface area contributed by atoms with E-state index in [1.165, 1.54) is 11.3 Å². The van der Waals surface area contributed by atoms with Crippen LogP contribution in [-0.2, 0) is 4.79 Å². The van der Waals surface area contributed by atoms with E-state index in [9.17, 15) is 9.59 Å². The molecule has 0 aliphatic carbocycles. The Labute approximate surface area is 121 Å². The van der Waals surface area contributed by atoms with E-state index in [4.69, 9.17) is 5.11 Å². The normalized spacial score (nSPS) is 12.8. The summed E-state index contributed by atoms with van der Waals surface area (Å²) >= 11 is 2.85. The zero-order valence-corrected chi connectivity index (χ0v) is 12.1.